The van der Waals surface area contributed by atoms with Gasteiger partial charge in [0.15, 0.2) is 5.69 Å². The van der Waals surface area contributed by atoms with E-state index in [0.717, 1.165) is 24.1 Å². The average molecular weight is 331 g/mol. The Kier molecular flexibility index (Phi) is 3.87. The maximum absolute atomic E-state index is 13.1. The summed E-state index contributed by atoms with van der Waals surface area (Å²) in [7, 11) is 0. The number of nitrogens with one attached hydrogen (secondary N) is 1. The highest BCUT2D eigenvalue weighted by molar-refractivity contribution is 5.97. The molecule has 0 saturated carbocycles. The van der Waals surface area contributed by atoms with Gasteiger partial charge < -0.3 is 10.4 Å². The van der Waals surface area contributed by atoms with Crippen molar-refractivity contribution >= 4 is 11.9 Å². The zero-order valence-electron chi connectivity index (χ0n) is 13.5. The van der Waals surface area contributed by atoms with Gasteiger partial charge in [-0.05, 0) is 57.4 Å². The van der Waals surface area contributed by atoms with Crippen LogP contribution in [0.2, 0.25) is 0 Å². The van der Waals surface area contributed by atoms with Crippen LogP contribution < -0.4 is 5.32 Å². The van der Waals surface area contributed by atoms with Crippen molar-refractivity contribution in [3.05, 3.63) is 47.0 Å². The fourth-order valence-electron chi connectivity index (χ4n) is 2.81. The van der Waals surface area contributed by atoms with Crippen molar-refractivity contribution < 1.29 is 19.1 Å². The number of nitrogens with zero attached hydrogens (tertiary/aromatic N) is 2. The fraction of sp³-hybridized carbons (Fsp3) is 0.353. The number of hydrogen-bond donors (Lipinski definition) is 2. The standard InChI is InChI=1S/C17H18FN3O3/c1-17(2,16(23)24)19-15(22)14-12-4-3-5-13(12)21(20-14)11-8-6-10(18)7-9-11/h6-9H,3-5H2,1-2H3,(H,19,22)(H,23,24). The molecule has 126 valence electrons. The maximum atomic E-state index is 13.1. The Hall–Kier alpha value is -2.70. The molecule has 0 unspecified atom stereocenters. The summed E-state index contributed by atoms with van der Waals surface area (Å²) in [6, 6.07) is 5.88. The highest BCUT2D eigenvalue weighted by Gasteiger charge is 2.33. The van der Waals surface area contributed by atoms with Gasteiger partial charge in [-0.2, -0.15) is 5.10 Å². The smallest absolute Gasteiger partial charge is 0.328 e. The Morgan fingerprint density at radius 1 is 1.25 bits per heavy atom. The first kappa shape index (κ1) is 16.2. The molecule has 1 aliphatic rings. The Labute approximate surface area is 138 Å². The van der Waals surface area contributed by atoms with Gasteiger partial charge in [-0.15, -0.1) is 0 Å². The van der Waals surface area contributed by atoms with Crippen molar-refractivity contribution in [1.82, 2.24) is 15.1 Å². The van der Waals surface area contributed by atoms with E-state index in [0.29, 0.717) is 12.1 Å². The number of hydrogen-bond acceptors (Lipinski definition) is 3. The Morgan fingerprint density at radius 3 is 2.54 bits per heavy atom. The van der Waals surface area contributed by atoms with Crippen LogP contribution in [0.3, 0.4) is 0 Å². The van der Waals surface area contributed by atoms with Crippen LogP contribution in [0.1, 0.15) is 42.0 Å². The largest absolute Gasteiger partial charge is 0.480 e. The van der Waals surface area contributed by atoms with Crippen molar-refractivity contribution in [2.24, 2.45) is 0 Å². The van der Waals surface area contributed by atoms with Crippen LogP contribution in [0.25, 0.3) is 5.69 Å². The van der Waals surface area contributed by atoms with Crippen LogP contribution in [0.4, 0.5) is 4.39 Å². The SMILES string of the molecule is CC(C)(NC(=O)c1nn(-c2ccc(F)cc2)c2c1CCC2)C(=O)O. The van der Waals surface area contributed by atoms with Gasteiger partial charge >= 0.3 is 5.97 Å². The number of carbonyl (C=O) groups excluding carboxylic acids is 1. The van der Waals surface area contributed by atoms with Crippen LogP contribution >= 0.6 is 0 Å². The Balaban J connectivity index is 1.98. The van der Waals surface area contributed by atoms with Gasteiger partial charge in [0.2, 0.25) is 0 Å². The normalized spacial score (nSPS) is 13.6. The number of carboxylic acid groups (broad SMARTS) is 1. The summed E-state index contributed by atoms with van der Waals surface area (Å²) >= 11 is 0. The molecule has 0 saturated heterocycles. The van der Waals surface area contributed by atoms with E-state index in [9.17, 15) is 14.0 Å². The van der Waals surface area contributed by atoms with Crippen LogP contribution in [0.15, 0.2) is 24.3 Å². The topological polar surface area (TPSA) is 84.2 Å². The van der Waals surface area contributed by atoms with Crippen molar-refractivity contribution in [3.63, 3.8) is 0 Å². The number of rotatable bonds is 4. The molecule has 2 N–H and O–H groups in total. The lowest BCUT2D eigenvalue weighted by Crippen LogP contribution is -2.49. The van der Waals surface area contributed by atoms with Gasteiger partial charge in [-0.25, -0.2) is 13.9 Å². The second-order valence-corrected chi connectivity index (χ2v) is 6.40. The van der Waals surface area contributed by atoms with E-state index < -0.39 is 17.4 Å². The van der Waals surface area contributed by atoms with Crippen LogP contribution in [0, 0.1) is 5.82 Å². The number of fused-ring (bicyclic) bond motifs is 1. The average Bonchev–Trinajstić information content (AvgIpc) is 3.09. The van der Waals surface area contributed by atoms with Crippen molar-refractivity contribution in [2.45, 2.75) is 38.6 Å². The van der Waals surface area contributed by atoms with Gasteiger partial charge in [0.1, 0.15) is 11.4 Å². The molecule has 1 aromatic heterocycles. The summed E-state index contributed by atoms with van der Waals surface area (Å²) in [6.45, 7) is 2.84. The van der Waals surface area contributed by atoms with E-state index >= 15 is 0 Å². The van der Waals surface area contributed by atoms with E-state index in [4.69, 9.17) is 5.11 Å². The summed E-state index contributed by atoms with van der Waals surface area (Å²) in [5, 5.41) is 16.0. The first-order chi connectivity index (χ1) is 11.3. The van der Waals surface area contributed by atoms with Crippen LogP contribution in [0.5, 0.6) is 0 Å². The minimum Gasteiger partial charge on any atom is -0.480 e. The molecule has 2 aromatic rings. The number of halogens is 1. The molecule has 1 amide bonds. The highest BCUT2D eigenvalue weighted by atomic mass is 19.1. The van der Waals surface area contributed by atoms with Gasteiger partial charge in [0, 0.05) is 11.3 Å². The van der Waals surface area contributed by atoms with Gasteiger partial charge in [-0.1, -0.05) is 0 Å². The Morgan fingerprint density at radius 2 is 1.92 bits per heavy atom. The van der Waals surface area contributed by atoms with Gasteiger partial charge in [0.25, 0.3) is 5.91 Å². The summed E-state index contributed by atoms with van der Waals surface area (Å²) in [5.41, 5.74) is 1.27. The lowest BCUT2D eigenvalue weighted by Gasteiger charge is -2.20. The third-order valence-electron chi connectivity index (χ3n) is 4.18. The molecule has 0 fully saturated rings. The highest BCUT2D eigenvalue weighted by Crippen LogP contribution is 2.28. The molecule has 24 heavy (non-hydrogen) atoms. The van der Waals surface area contributed by atoms with Crippen molar-refractivity contribution in [3.8, 4) is 5.69 Å². The van der Waals surface area contributed by atoms with E-state index in [1.807, 2.05) is 0 Å². The summed E-state index contributed by atoms with van der Waals surface area (Å²) < 4.78 is 14.8. The fourth-order valence-corrected chi connectivity index (χ4v) is 2.81. The van der Waals surface area contributed by atoms with Crippen LogP contribution in [-0.2, 0) is 17.6 Å². The van der Waals surface area contributed by atoms with Gasteiger partial charge in [0.05, 0.1) is 5.69 Å². The molecule has 0 bridgehead atoms. The second kappa shape index (κ2) is 5.74. The molecular formula is C17H18FN3O3. The lowest BCUT2D eigenvalue weighted by molar-refractivity contribution is -0.143. The molecular weight excluding hydrogens is 313 g/mol. The molecule has 0 atom stereocenters. The van der Waals surface area contributed by atoms with E-state index in [1.54, 1.807) is 16.8 Å². The van der Waals surface area contributed by atoms with Gasteiger partial charge in [-0.3, -0.25) is 4.79 Å². The number of carboxylic acids is 1. The molecule has 1 aromatic carbocycles. The Bertz CT molecular complexity index is 809. The first-order valence-electron chi connectivity index (χ1n) is 7.72. The van der Waals surface area contributed by atoms with E-state index in [-0.39, 0.29) is 11.5 Å². The minimum absolute atomic E-state index is 0.237. The molecule has 0 spiro atoms. The zero-order valence-corrected chi connectivity index (χ0v) is 13.5. The molecule has 7 heteroatoms. The molecule has 6 nitrogen and oxygen atoms in total. The first-order valence-corrected chi connectivity index (χ1v) is 7.72. The number of aromatic nitrogens is 2. The molecule has 1 aliphatic carbocycles. The monoisotopic (exact) mass is 331 g/mol. The number of carbonyl (C=O) groups is 2. The minimum atomic E-state index is -1.39. The molecule has 0 radical (unpaired) electrons. The maximum Gasteiger partial charge on any atom is 0.328 e. The predicted molar refractivity (Wildman–Crippen MR) is 84.7 cm³/mol. The third-order valence-corrected chi connectivity index (χ3v) is 4.18. The predicted octanol–water partition coefficient (Wildman–Crippen LogP) is 2.09. The molecule has 3 rings (SSSR count). The zero-order chi connectivity index (χ0) is 17.5. The molecule has 1 heterocycles. The quantitative estimate of drug-likeness (QED) is 0.898. The van der Waals surface area contributed by atoms with E-state index in [2.05, 4.69) is 10.4 Å². The number of benzene rings is 1. The summed E-state index contributed by atoms with van der Waals surface area (Å²) in [5.74, 6) is -1.98. The second-order valence-electron chi connectivity index (χ2n) is 6.40. The summed E-state index contributed by atoms with van der Waals surface area (Å²) in [4.78, 5) is 23.7. The number of amides is 1. The van der Waals surface area contributed by atoms with Crippen molar-refractivity contribution in [2.75, 3.05) is 0 Å². The number of aliphatic carboxylic acids is 1. The summed E-state index contributed by atoms with van der Waals surface area (Å²) in [6.07, 6.45) is 2.39. The lowest BCUT2D eigenvalue weighted by atomic mass is 10.1. The van der Waals surface area contributed by atoms with Crippen molar-refractivity contribution in [1.29, 1.82) is 0 Å². The molecule has 0 aliphatic heterocycles. The van der Waals surface area contributed by atoms with E-state index in [1.165, 1.54) is 26.0 Å². The van der Waals surface area contributed by atoms with Crippen LogP contribution in [-0.4, -0.2) is 32.3 Å². The third kappa shape index (κ3) is 2.77.